The number of piperidine rings is 1. The summed E-state index contributed by atoms with van der Waals surface area (Å²) in [6.07, 6.45) is 2.08. The highest BCUT2D eigenvalue weighted by atomic mass is 32.2. The molecule has 0 radical (unpaired) electrons. The summed E-state index contributed by atoms with van der Waals surface area (Å²) in [7, 11) is -2.45. The fourth-order valence-corrected chi connectivity index (χ4v) is 6.72. The van der Waals surface area contributed by atoms with Gasteiger partial charge < -0.3 is 9.15 Å². The molecule has 5 rings (SSSR count). The van der Waals surface area contributed by atoms with E-state index in [1.165, 1.54) is 21.9 Å². The first-order chi connectivity index (χ1) is 17.8. The van der Waals surface area contributed by atoms with E-state index in [9.17, 15) is 22.0 Å². The molecule has 0 atom stereocenters. The predicted molar refractivity (Wildman–Crippen MR) is 134 cm³/mol. The van der Waals surface area contributed by atoms with Gasteiger partial charge in [-0.15, -0.1) is 0 Å². The lowest BCUT2D eigenvalue weighted by molar-refractivity contribution is -0.123. The molecule has 0 bridgehead atoms. The number of hydrogen-bond donors (Lipinski definition) is 0. The van der Waals surface area contributed by atoms with Gasteiger partial charge in [-0.25, -0.2) is 22.2 Å². The molecule has 1 amide bonds. The van der Waals surface area contributed by atoms with Crippen LogP contribution < -0.4 is 9.64 Å². The zero-order chi connectivity index (χ0) is 26.2. The van der Waals surface area contributed by atoms with Crippen LogP contribution in [-0.4, -0.2) is 43.8 Å². The van der Waals surface area contributed by atoms with Crippen molar-refractivity contribution < 1.29 is 31.1 Å². The van der Waals surface area contributed by atoms with E-state index in [1.807, 2.05) is 12.1 Å². The molecule has 1 fully saturated rings. The van der Waals surface area contributed by atoms with E-state index >= 15 is 0 Å². The summed E-state index contributed by atoms with van der Waals surface area (Å²) < 4.78 is 65.7. The highest BCUT2D eigenvalue weighted by molar-refractivity contribution is 7.89. The number of hydrogen-bond acceptors (Lipinski definition) is 7. The third-order valence-electron chi connectivity index (χ3n) is 6.31. The van der Waals surface area contributed by atoms with E-state index < -0.39 is 27.6 Å². The fourth-order valence-electron chi connectivity index (χ4n) is 4.29. The average Bonchev–Trinajstić information content (AvgIpc) is 3.57. The number of rotatable bonds is 7. The van der Waals surface area contributed by atoms with Crippen molar-refractivity contribution in [3.63, 3.8) is 0 Å². The van der Waals surface area contributed by atoms with Crippen molar-refractivity contribution >= 4 is 42.6 Å². The number of carbonyl (C=O) groups is 1. The number of furan rings is 1. The van der Waals surface area contributed by atoms with Crippen molar-refractivity contribution in [2.24, 2.45) is 5.92 Å². The van der Waals surface area contributed by atoms with Crippen molar-refractivity contribution in [3.05, 3.63) is 72.2 Å². The van der Waals surface area contributed by atoms with Crippen LogP contribution in [-0.2, 0) is 21.4 Å². The predicted octanol–water partition coefficient (Wildman–Crippen LogP) is 4.81. The summed E-state index contributed by atoms with van der Waals surface area (Å²) in [6, 6.07) is 11.5. The fraction of sp³-hybridized carbons (Fsp3) is 0.280. The summed E-state index contributed by atoms with van der Waals surface area (Å²) in [5.74, 6) is -1.74. The Bertz CT molecular complexity index is 1530. The number of carbonyl (C=O) groups excluding carboxylic acids is 1. The van der Waals surface area contributed by atoms with Gasteiger partial charge in [0, 0.05) is 25.1 Å². The maximum absolute atomic E-state index is 13.7. The Morgan fingerprint density at radius 2 is 1.95 bits per heavy atom. The Labute approximate surface area is 216 Å². The summed E-state index contributed by atoms with van der Waals surface area (Å²) in [4.78, 5) is 19.6. The normalized spacial score (nSPS) is 15.2. The van der Waals surface area contributed by atoms with E-state index in [-0.39, 0.29) is 43.3 Å². The number of fused-ring (bicyclic) bond motifs is 1. The summed E-state index contributed by atoms with van der Waals surface area (Å²) in [5, 5.41) is 0.501. The van der Waals surface area contributed by atoms with Gasteiger partial charge in [-0.2, -0.15) is 4.31 Å². The highest BCUT2D eigenvalue weighted by Gasteiger charge is 2.35. The molecule has 37 heavy (non-hydrogen) atoms. The lowest BCUT2D eigenvalue weighted by atomic mass is 9.96. The molecule has 2 aromatic heterocycles. The lowest BCUT2D eigenvalue weighted by Gasteiger charge is -2.32. The van der Waals surface area contributed by atoms with E-state index in [0.29, 0.717) is 28.2 Å². The molecule has 194 valence electrons. The molecule has 4 aromatic rings. The van der Waals surface area contributed by atoms with Crippen LogP contribution in [0.3, 0.4) is 0 Å². The molecular formula is C25H23F2N3O5S2. The lowest BCUT2D eigenvalue weighted by Crippen LogP contribution is -2.44. The number of halogens is 2. The average molecular weight is 548 g/mol. The second-order valence-corrected chi connectivity index (χ2v) is 11.5. The minimum atomic E-state index is -4.02. The maximum atomic E-state index is 13.7. The minimum Gasteiger partial charge on any atom is -0.497 e. The molecule has 1 saturated heterocycles. The summed E-state index contributed by atoms with van der Waals surface area (Å²) >= 11 is 1.37. The number of anilines is 1. The number of ether oxygens (including phenoxy) is 1. The van der Waals surface area contributed by atoms with E-state index in [4.69, 9.17) is 9.15 Å². The Hall–Kier alpha value is -3.35. The molecular weight excluding hydrogens is 524 g/mol. The third kappa shape index (κ3) is 5.09. The minimum absolute atomic E-state index is 0.0728. The van der Waals surface area contributed by atoms with Crippen LogP contribution in [0.4, 0.5) is 13.9 Å². The number of sulfonamides is 1. The smallest absolute Gasteiger partial charge is 0.243 e. The van der Waals surface area contributed by atoms with Crippen LogP contribution >= 0.6 is 11.3 Å². The molecule has 12 heteroatoms. The van der Waals surface area contributed by atoms with Gasteiger partial charge in [-0.05, 0) is 55.3 Å². The Balaban J connectivity index is 1.36. The van der Waals surface area contributed by atoms with Crippen LogP contribution in [0.2, 0.25) is 0 Å². The van der Waals surface area contributed by atoms with E-state index in [1.54, 1.807) is 30.2 Å². The van der Waals surface area contributed by atoms with Crippen LogP contribution in [0.1, 0.15) is 18.6 Å². The van der Waals surface area contributed by atoms with Crippen LogP contribution in [0.15, 0.2) is 64.1 Å². The molecule has 0 aliphatic carbocycles. The number of nitrogens with zero attached hydrogens (tertiary/aromatic N) is 3. The van der Waals surface area contributed by atoms with Gasteiger partial charge in [0.2, 0.25) is 15.9 Å². The Kier molecular flexibility index (Phi) is 6.97. The monoisotopic (exact) mass is 547 g/mol. The van der Waals surface area contributed by atoms with Crippen molar-refractivity contribution in [1.29, 1.82) is 0 Å². The van der Waals surface area contributed by atoms with Gasteiger partial charge in [0.1, 0.15) is 11.5 Å². The van der Waals surface area contributed by atoms with E-state index in [2.05, 4.69) is 4.98 Å². The SMILES string of the molecule is COc1ccc2sc(N(Cc3ccco3)C(=O)C3CCN(S(=O)(=O)c4ccc(F)c(F)c4)CC3)nc2c1. The van der Waals surface area contributed by atoms with Crippen LogP contribution in [0.5, 0.6) is 5.75 Å². The Morgan fingerprint density at radius 3 is 2.62 bits per heavy atom. The molecule has 3 heterocycles. The number of methoxy groups -OCH3 is 1. The number of thiazole rings is 1. The Morgan fingerprint density at radius 1 is 1.16 bits per heavy atom. The van der Waals surface area contributed by atoms with Crippen molar-refractivity contribution in [3.8, 4) is 5.75 Å². The maximum Gasteiger partial charge on any atom is 0.243 e. The molecule has 1 aliphatic heterocycles. The molecule has 8 nitrogen and oxygen atoms in total. The summed E-state index contributed by atoms with van der Waals surface area (Å²) in [5.41, 5.74) is 0.698. The topological polar surface area (TPSA) is 93.0 Å². The molecule has 0 spiro atoms. The highest BCUT2D eigenvalue weighted by Crippen LogP contribution is 2.34. The van der Waals surface area contributed by atoms with Gasteiger partial charge in [-0.1, -0.05) is 11.3 Å². The van der Waals surface area contributed by atoms with E-state index in [0.717, 1.165) is 16.8 Å². The van der Waals surface area contributed by atoms with Crippen LogP contribution in [0.25, 0.3) is 10.2 Å². The van der Waals surface area contributed by atoms with Crippen LogP contribution in [0, 0.1) is 17.6 Å². The first-order valence-electron chi connectivity index (χ1n) is 11.5. The molecule has 0 saturated carbocycles. The standard InChI is InChI=1S/C25H23F2N3O5S2/c1-34-17-4-7-23-22(13-17)28-25(36-23)30(15-18-3-2-12-35-18)24(31)16-8-10-29(11-9-16)37(32,33)19-5-6-20(26)21(27)14-19/h2-7,12-14,16H,8-11,15H2,1H3. The summed E-state index contributed by atoms with van der Waals surface area (Å²) in [6.45, 7) is 0.322. The first kappa shape index (κ1) is 25.3. The number of benzene rings is 2. The van der Waals surface area contributed by atoms with Gasteiger partial charge in [0.25, 0.3) is 0 Å². The van der Waals surface area contributed by atoms with Crippen molar-refractivity contribution in [1.82, 2.24) is 9.29 Å². The third-order valence-corrected chi connectivity index (χ3v) is 9.26. The quantitative estimate of drug-likeness (QED) is 0.330. The van der Waals surface area contributed by atoms with Gasteiger partial charge in [0.05, 0.1) is 35.0 Å². The first-order valence-corrected chi connectivity index (χ1v) is 13.8. The number of aromatic nitrogens is 1. The molecule has 0 unspecified atom stereocenters. The molecule has 0 N–H and O–H groups in total. The molecule has 2 aromatic carbocycles. The zero-order valence-corrected chi connectivity index (χ0v) is 21.4. The van der Waals surface area contributed by atoms with Gasteiger partial charge >= 0.3 is 0 Å². The number of amides is 1. The van der Waals surface area contributed by atoms with Crippen molar-refractivity contribution in [2.75, 3.05) is 25.1 Å². The zero-order valence-electron chi connectivity index (χ0n) is 19.8. The second-order valence-electron chi connectivity index (χ2n) is 8.59. The largest absolute Gasteiger partial charge is 0.497 e. The van der Waals surface area contributed by atoms with Gasteiger partial charge in [-0.3, -0.25) is 9.69 Å². The van der Waals surface area contributed by atoms with Gasteiger partial charge in [0.15, 0.2) is 16.8 Å². The second kappa shape index (κ2) is 10.2. The molecule has 1 aliphatic rings. The van der Waals surface area contributed by atoms with Crippen molar-refractivity contribution in [2.45, 2.75) is 24.3 Å².